The van der Waals surface area contributed by atoms with E-state index in [4.69, 9.17) is 11.6 Å². The van der Waals surface area contributed by atoms with Crippen LogP contribution in [-0.2, 0) is 6.54 Å². The number of anilines is 1. The van der Waals surface area contributed by atoms with Crippen molar-refractivity contribution in [1.29, 1.82) is 0 Å². The molecule has 1 atom stereocenters. The van der Waals surface area contributed by atoms with Crippen LogP contribution in [0.25, 0.3) is 0 Å². The topological polar surface area (TPSA) is 50.2 Å². The Balaban J connectivity index is 2.33. The van der Waals surface area contributed by atoms with Gasteiger partial charge in [0.05, 0.1) is 11.9 Å². The number of nitrogens with one attached hydrogen (secondary N) is 1. The second kappa shape index (κ2) is 5.06. The van der Waals surface area contributed by atoms with Gasteiger partial charge in [-0.2, -0.15) is 5.10 Å². The predicted molar refractivity (Wildman–Crippen MR) is 68.9 cm³/mol. The largest absolute Gasteiger partial charge is 0.366 e. The molecule has 0 radical (unpaired) electrons. The minimum absolute atomic E-state index is 0.210. The number of piperazine rings is 1. The van der Waals surface area contributed by atoms with Gasteiger partial charge in [-0.1, -0.05) is 11.6 Å². The molecule has 0 aromatic carbocycles. The molecule has 1 aromatic rings. The fraction of sp³-hybridized carbons (Fsp3) is 0.636. The number of nitrogens with zero attached hydrogens (tertiary/aromatic N) is 3. The average molecular weight is 257 g/mol. The molecular formula is C11H17ClN4O. The Morgan fingerprint density at radius 1 is 1.65 bits per heavy atom. The maximum absolute atomic E-state index is 11.9. The van der Waals surface area contributed by atoms with Gasteiger partial charge in [-0.15, -0.1) is 0 Å². The van der Waals surface area contributed by atoms with Crippen molar-refractivity contribution in [2.75, 3.05) is 24.5 Å². The number of rotatable bonds is 2. The fourth-order valence-corrected chi connectivity index (χ4v) is 2.32. The Morgan fingerprint density at radius 3 is 3.06 bits per heavy atom. The van der Waals surface area contributed by atoms with Crippen molar-refractivity contribution in [3.05, 3.63) is 21.6 Å². The van der Waals surface area contributed by atoms with Crippen LogP contribution >= 0.6 is 11.6 Å². The van der Waals surface area contributed by atoms with E-state index in [1.54, 1.807) is 6.20 Å². The number of hydrogen-bond acceptors (Lipinski definition) is 4. The smallest absolute Gasteiger partial charge is 0.287 e. The summed E-state index contributed by atoms with van der Waals surface area (Å²) in [6, 6.07) is 0.397. The lowest BCUT2D eigenvalue weighted by Crippen LogP contribution is -2.49. The highest BCUT2D eigenvalue weighted by Crippen LogP contribution is 2.21. The lowest BCUT2D eigenvalue weighted by Gasteiger charge is -2.33. The van der Waals surface area contributed by atoms with E-state index in [1.807, 2.05) is 6.92 Å². The van der Waals surface area contributed by atoms with Crippen LogP contribution in [0.5, 0.6) is 0 Å². The quantitative estimate of drug-likeness (QED) is 0.847. The zero-order valence-electron chi connectivity index (χ0n) is 10.1. The third kappa shape index (κ3) is 2.45. The predicted octanol–water partition coefficient (Wildman–Crippen LogP) is 0.715. The van der Waals surface area contributed by atoms with Crippen LogP contribution in [-0.4, -0.2) is 35.5 Å². The molecule has 1 fully saturated rings. The van der Waals surface area contributed by atoms with Crippen molar-refractivity contribution >= 4 is 17.3 Å². The highest BCUT2D eigenvalue weighted by molar-refractivity contribution is 6.33. The van der Waals surface area contributed by atoms with E-state index in [9.17, 15) is 4.79 Å². The van der Waals surface area contributed by atoms with Gasteiger partial charge in [0.25, 0.3) is 5.56 Å². The summed E-state index contributed by atoms with van der Waals surface area (Å²) in [4.78, 5) is 14.0. The van der Waals surface area contributed by atoms with Gasteiger partial charge in [0.1, 0.15) is 5.02 Å². The molecule has 0 saturated carbocycles. The zero-order chi connectivity index (χ0) is 12.4. The third-order valence-corrected chi connectivity index (χ3v) is 3.33. The van der Waals surface area contributed by atoms with Gasteiger partial charge in [-0.3, -0.25) is 4.79 Å². The normalized spacial score (nSPS) is 20.6. The maximum atomic E-state index is 11.9. The van der Waals surface area contributed by atoms with Crippen LogP contribution in [0, 0.1) is 0 Å². The number of aryl methyl sites for hydroxylation is 1. The molecule has 1 unspecified atom stereocenters. The lowest BCUT2D eigenvalue weighted by atomic mass is 10.2. The minimum atomic E-state index is -0.210. The highest BCUT2D eigenvalue weighted by atomic mass is 35.5. The standard InChI is InChI=1S/C11H17ClN4O/c1-3-16-11(17)10(12)9(6-14-16)15-5-4-13-8(2)7-15/h6,8,13H,3-5,7H2,1-2H3. The summed E-state index contributed by atoms with van der Waals surface area (Å²) in [6.45, 7) is 7.11. The molecule has 1 aliphatic rings. The van der Waals surface area contributed by atoms with Gasteiger partial charge in [-0.05, 0) is 13.8 Å². The molecule has 2 rings (SSSR count). The van der Waals surface area contributed by atoms with Gasteiger partial charge in [0.2, 0.25) is 0 Å². The fourth-order valence-electron chi connectivity index (χ4n) is 2.05. The van der Waals surface area contributed by atoms with Crippen LogP contribution in [0.1, 0.15) is 13.8 Å². The Labute approximate surface area is 105 Å². The summed E-state index contributed by atoms with van der Waals surface area (Å²) < 4.78 is 1.37. The van der Waals surface area contributed by atoms with Crippen LogP contribution < -0.4 is 15.8 Å². The Hall–Kier alpha value is -1.07. The molecule has 2 heterocycles. The summed E-state index contributed by atoms with van der Waals surface area (Å²) >= 11 is 6.12. The van der Waals surface area contributed by atoms with Gasteiger partial charge < -0.3 is 10.2 Å². The molecule has 0 bridgehead atoms. The number of halogens is 1. The van der Waals surface area contributed by atoms with Crippen LogP contribution in [0.4, 0.5) is 5.69 Å². The van der Waals surface area contributed by atoms with Crippen molar-refractivity contribution in [3.8, 4) is 0 Å². The minimum Gasteiger partial charge on any atom is -0.366 e. The van der Waals surface area contributed by atoms with E-state index >= 15 is 0 Å². The molecule has 6 heteroatoms. The molecule has 1 N–H and O–H groups in total. The van der Waals surface area contributed by atoms with Crippen molar-refractivity contribution in [2.24, 2.45) is 0 Å². The molecule has 0 aliphatic carbocycles. The van der Waals surface area contributed by atoms with E-state index in [0.29, 0.717) is 12.6 Å². The Morgan fingerprint density at radius 2 is 2.41 bits per heavy atom. The molecular weight excluding hydrogens is 240 g/mol. The van der Waals surface area contributed by atoms with Crippen molar-refractivity contribution in [1.82, 2.24) is 15.1 Å². The highest BCUT2D eigenvalue weighted by Gasteiger charge is 2.20. The molecule has 17 heavy (non-hydrogen) atoms. The summed E-state index contributed by atoms with van der Waals surface area (Å²) in [5.74, 6) is 0. The van der Waals surface area contributed by atoms with Crippen molar-refractivity contribution in [2.45, 2.75) is 26.4 Å². The SMILES string of the molecule is CCn1ncc(N2CCNC(C)C2)c(Cl)c1=O. The first-order valence-corrected chi connectivity index (χ1v) is 6.25. The van der Waals surface area contributed by atoms with Crippen LogP contribution in [0.3, 0.4) is 0 Å². The monoisotopic (exact) mass is 256 g/mol. The van der Waals surface area contributed by atoms with E-state index in [-0.39, 0.29) is 10.6 Å². The first kappa shape index (κ1) is 12.4. The van der Waals surface area contributed by atoms with E-state index in [1.165, 1.54) is 4.68 Å². The molecule has 1 saturated heterocycles. The molecule has 5 nitrogen and oxygen atoms in total. The van der Waals surface area contributed by atoms with Crippen molar-refractivity contribution in [3.63, 3.8) is 0 Å². The Kier molecular flexibility index (Phi) is 3.69. The third-order valence-electron chi connectivity index (χ3n) is 2.98. The summed E-state index contributed by atoms with van der Waals surface area (Å²) in [7, 11) is 0. The van der Waals surface area contributed by atoms with Gasteiger partial charge in [0.15, 0.2) is 0 Å². The van der Waals surface area contributed by atoms with Crippen LogP contribution in [0.2, 0.25) is 5.02 Å². The second-order valence-corrected chi connectivity index (χ2v) is 4.64. The molecule has 0 spiro atoms. The van der Waals surface area contributed by atoms with E-state index < -0.39 is 0 Å². The van der Waals surface area contributed by atoms with Crippen LogP contribution in [0.15, 0.2) is 11.0 Å². The summed E-state index contributed by atoms with van der Waals surface area (Å²) in [5.41, 5.74) is 0.535. The number of hydrogen-bond donors (Lipinski definition) is 1. The first-order valence-electron chi connectivity index (χ1n) is 5.87. The molecule has 1 aromatic heterocycles. The lowest BCUT2D eigenvalue weighted by molar-refractivity contribution is 0.483. The molecule has 0 amide bonds. The second-order valence-electron chi connectivity index (χ2n) is 4.27. The van der Waals surface area contributed by atoms with E-state index in [0.717, 1.165) is 25.3 Å². The summed E-state index contributed by atoms with van der Waals surface area (Å²) in [6.07, 6.45) is 1.69. The maximum Gasteiger partial charge on any atom is 0.287 e. The van der Waals surface area contributed by atoms with Gasteiger partial charge in [-0.25, -0.2) is 4.68 Å². The van der Waals surface area contributed by atoms with Gasteiger partial charge in [0, 0.05) is 32.2 Å². The first-order chi connectivity index (χ1) is 8.13. The zero-order valence-corrected chi connectivity index (χ0v) is 10.9. The average Bonchev–Trinajstić information content (AvgIpc) is 2.32. The molecule has 94 valence electrons. The Bertz CT molecular complexity index is 459. The van der Waals surface area contributed by atoms with Crippen molar-refractivity contribution < 1.29 is 0 Å². The summed E-state index contributed by atoms with van der Waals surface area (Å²) in [5, 5.41) is 7.74. The number of aromatic nitrogens is 2. The van der Waals surface area contributed by atoms with Gasteiger partial charge >= 0.3 is 0 Å². The molecule has 1 aliphatic heterocycles. The van der Waals surface area contributed by atoms with E-state index in [2.05, 4.69) is 22.2 Å².